The van der Waals surface area contributed by atoms with Gasteiger partial charge in [-0.2, -0.15) is 0 Å². The summed E-state index contributed by atoms with van der Waals surface area (Å²) in [5.74, 6) is 1.62. The Balaban J connectivity index is 1.81. The van der Waals surface area contributed by atoms with Gasteiger partial charge in [-0.1, -0.05) is 56.5 Å². The summed E-state index contributed by atoms with van der Waals surface area (Å²) >= 11 is 0. The normalized spacial score (nSPS) is 12.2. The minimum Gasteiger partial charge on any atom is -0.494 e. The van der Waals surface area contributed by atoms with E-state index in [4.69, 9.17) is 9.84 Å². The number of aliphatic hydroxyl groups is 1. The van der Waals surface area contributed by atoms with Crippen LogP contribution in [0.25, 0.3) is 0 Å². The molecule has 142 valence electrons. The van der Waals surface area contributed by atoms with E-state index >= 15 is 0 Å². The second-order valence-corrected chi connectivity index (χ2v) is 7.42. The lowest BCUT2D eigenvalue weighted by atomic mass is 9.89. The van der Waals surface area contributed by atoms with E-state index in [1.807, 2.05) is 24.3 Å². The van der Waals surface area contributed by atoms with E-state index in [-0.39, 0.29) is 6.61 Å². The minimum atomic E-state index is 0.0812. The molecule has 0 aliphatic carbocycles. The van der Waals surface area contributed by atoms with Gasteiger partial charge in [-0.25, -0.2) is 0 Å². The number of unbranched alkanes of at least 4 members (excludes halogenated alkanes) is 1. The molecule has 0 aliphatic rings. The van der Waals surface area contributed by atoms with Crippen LogP contribution in [0.3, 0.4) is 0 Å². The van der Waals surface area contributed by atoms with Crippen molar-refractivity contribution in [1.29, 1.82) is 0 Å². The van der Waals surface area contributed by atoms with E-state index in [2.05, 4.69) is 39.0 Å². The van der Waals surface area contributed by atoms with Crippen LogP contribution in [0.15, 0.2) is 42.5 Å². The van der Waals surface area contributed by atoms with Crippen molar-refractivity contribution in [3.8, 4) is 5.75 Å². The van der Waals surface area contributed by atoms with Gasteiger partial charge in [0.2, 0.25) is 0 Å². The van der Waals surface area contributed by atoms with Gasteiger partial charge in [0.05, 0.1) is 13.2 Å². The molecule has 2 nitrogen and oxygen atoms in total. The number of aryl methyl sites for hydroxylation is 2. The molecule has 2 heteroatoms. The van der Waals surface area contributed by atoms with Crippen molar-refractivity contribution in [2.24, 2.45) is 5.92 Å². The third kappa shape index (κ3) is 6.84. The van der Waals surface area contributed by atoms with Crippen molar-refractivity contribution >= 4 is 0 Å². The Kier molecular flexibility index (Phi) is 8.70. The van der Waals surface area contributed by atoms with Gasteiger partial charge < -0.3 is 9.84 Å². The number of benzene rings is 2. The zero-order valence-corrected chi connectivity index (χ0v) is 16.6. The molecule has 0 amide bonds. The van der Waals surface area contributed by atoms with Crippen molar-refractivity contribution in [2.45, 2.75) is 65.9 Å². The first kappa shape index (κ1) is 20.5. The molecule has 1 atom stereocenters. The fourth-order valence-corrected chi connectivity index (χ4v) is 3.36. The fourth-order valence-electron chi connectivity index (χ4n) is 3.36. The predicted octanol–water partition coefficient (Wildman–Crippen LogP) is 6.00. The number of rotatable bonds is 11. The summed E-state index contributed by atoms with van der Waals surface area (Å²) in [4.78, 5) is 0. The average molecular weight is 355 g/mol. The van der Waals surface area contributed by atoms with Crippen molar-refractivity contribution < 1.29 is 9.84 Å². The number of hydrogen-bond donors (Lipinski definition) is 1. The number of hydrogen-bond acceptors (Lipinski definition) is 2. The Morgan fingerprint density at radius 1 is 0.885 bits per heavy atom. The molecule has 2 aromatic carbocycles. The Bertz CT molecular complexity index is 646. The first-order valence-corrected chi connectivity index (χ1v) is 10.0. The molecular formula is C24H34O2. The number of aliphatic hydroxyl groups excluding tert-OH is 1. The highest BCUT2D eigenvalue weighted by Crippen LogP contribution is 2.22. The average Bonchev–Trinajstić information content (AvgIpc) is 2.66. The second kappa shape index (κ2) is 11.0. The maximum atomic E-state index is 9.09. The second-order valence-electron chi connectivity index (χ2n) is 7.42. The summed E-state index contributed by atoms with van der Waals surface area (Å²) in [7, 11) is 0. The molecule has 0 fully saturated rings. The lowest BCUT2D eigenvalue weighted by Gasteiger charge is -2.18. The summed E-state index contributed by atoms with van der Waals surface area (Å²) in [6.07, 6.45) is 7.33. The summed E-state index contributed by atoms with van der Waals surface area (Å²) < 4.78 is 5.86. The molecular weight excluding hydrogens is 320 g/mol. The molecule has 0 aromatic heterocycles. The molecule has 26 heavy (non-hydrogen) atoms. The van der Waals surface area contributed by atoms with Gasteiger partial charge in [0.15, 0.2) is 0 Å². The summed E-state index contributed by atoms with van der Waals surface area (Å²) in [6, 6.07) is 14.6. The van der Waals surface area contributed by atoms with Gasteiger partial charge in [0.1, 0.15) is 5.75 Å². The Morgan fingerprint density at radius 3 is 2.23 bits per heavy atom. The first-order chi connectivity index (χ1) is 12.6. The first-order valence-electron chi connectivity index (χ1n) is 10.0. The van der Waals surface area contributed by atoms with Crippen LogP contribution in [-0.4, -0.2) is 11.7 Å². The van der Waals surface area contributed by atoms with Gasteiger partial charge in [-0.15, -0.1) is 0 Å². The summed E-state index contributed by atoms with van der Waals surface area (Å²) in [5.41, 5.74) is 5.16. The summed E-state index contributed by atoms with van der Waals surface area (Å²) in [6.45, 7) is 7.49. The predicted molar refractivity (Wildman–Crippen MR) is 110 cm³/mol. The van der Waals surface area contributed by atoms with Gasteiger partial charge >= 0.3 is 0 Å². The van der Waals surface area contributed by atoms with E-state index < -0.39 is 0 Å². The van der Waals surface area contributed by atoms with Crippen LogP contribution in [0.4, 0.5) is 0 Å². The maximum Gasteiger partial charge on any atom is 0.119 e. The third-order valence-electron chi connectivity index (χ3n) is 5.19. The molecule has 0 saturated heterocycles. The SMILES string of the molecule is CCCCC(CCCOc1ccc(CO)cc1)Cc1ccc(C)c(C)c1. The maximum absolute atomic E-state index is 9.09. The lowest BCUT2D eigenvalue weighted by Crippen LogP contribution is -2.08. The van der Waals surface area contributed by atoms with E-state index in [9.17, 15) is 0 Å². The molecule has 2 aromatic rings. The van der Waals surface area contributed by atoms with Gasteiger partial charge in [0.25, 0.3) is 0 Å². The lowest BCUT2D eigenvalue weighted by molar-refractivity contribution is 0.279. The van der Waals surface area contributed by atoms with Gasteiger partial charge in [0, 0.05) is 0 Å². The monoisotopic (exact) mass is 354 g/mol. The molecule has 1 N–H and O–H groups in total. The molecule has 2 rings (SSSR count). The quantitative estimate of drug-likeness (QED) is 0.501. The molecule has 0 saturated carbocycles. The largest absolute Gasteiger partial charge is 0.494 e. The van der Waals surface area contributed by atoms with Crippen LogP contribution >= 0.6 is 0 Å². The van der Waals surface area contributed by atoms with Crippen LogP contribution in [0.1, 0.15) is 61.3 Å². The van der Waals surface area contributed by atoms with Crippen molar-refractivity contribution in [3.05, 3.63) is 64.7 Å². The van der Waals surface area contributed by atoms with Crippen LogP contribution in [0, 0.1) is 19.8 Å². The van der Waals surface area contributed by atoms with Crippen LogP contribution in [0.5, 0.6) is 5.75 Å². The fraction of sp³-hybridized carbons (Fsp3) is 0.500. The van der Waals surface area contributed by atoms with Crippen molar-refractivity contribution in [2.75, 3.05) is 6.61 Å². The highest BCUT2D eigenvalue weighted by Gasteiger charge is 2.10. The highest BCUT2D eigenvalue weighted by molar-refractivity contribution is 5.30. The van der Waals surface area contributed by atoms with Gasteiger partial charge in [-0.3, -0.25) is 0 Å². The van der Waals surface area contributed by atoms with Gasteiger partial charge in [-0.05, 0) is 73.4 Å². The van der Waals surface area contributed by atoms with Crippen LogP contribution in [-0.2, 0) is 13.0 Å². The van der Waals surface area contributed by atoms with Crippen LogP contribution in [0.2, 0.25) is 0 Å². The Hall–Kier alpha value is -1.80. The molecule has 0 spiro atoms. The topological polar surface area (TPSA) is 29.5 Å². The standard InChI is InChI=1S/C24H34O2/c1-4-5-7-21(17-23-10-9-19(2)20(3)16-23)8-6-15-26-24-13-11-22(18-25)12-14-24/h9-14,16,21,25H,4-8,15,17-18H2,1-3H3. The Labute approximate surface area is 159 Å². The minimum absolute atomic E-state index is 0.0812. The Morgan fingerprint density at radius 2 is 1.58 bits per heavy atom. The van der Waals surface area contributed by atoms with E-state index in [0.29, 0.717) is 0 Å². The van der Waals surface area contributed by atoms with E-state index in [1.54, 1.807) is 0 Å². The zero-order valence-electron chi connectivity index (χ0n) is 16.6. The van der Waals surface area contributed by atoms with Crippen molar-refractivity contribution in [3.63, 3.8) is 0 Å². The summed E-state index contributed by atoms with van der Waals surface area (Å²) in [5, 5.41) is 9.09. The third-order valence-corrected chi connectivity index (χ3v) is 5.19. The van der Waals surface area contributed by atoms with Crippen LogP contribution < -0.4 is 4.74 Å². The zero-order chi connectivity index (χ0) is 18.8. The van der Waals surface area contributed by atoms with Crippen molar-refractivity contribution in [1.82, 2.24) is 0 Å². The molecule has 1 unspecified atom stereocenters. The molecule has 0 radical (unpaired) electrons. The van der Waals surface area contributed by atoms with E-state index in [0.717, 1.165) is 30.3 Å². The smallest absolute Gasteiger partial charge is 0.119 e. The molecule has 0 aliphatic heterocycles. The number of ether oxygens (including phenoxy) is 1. The highest BCUT2D eigenvalue weighted by atomic mass is 16.5. The molecule has 0 bridgehead atoms. The molecule has 0 heterocycles. The van der Waals surface area contributed by atoms with E-state index in [1.165, 1.54) is 48.8 Å².